The zero-order valence-corrected chi connectivity index (χ0v) is 11.7. The van der Waals surface area contributed by atoms with Crippen LogP contribution >= 0.6 is 38.9 Å². The van der Waals surface area contributed by atoms with Crippen LogP contribution in [0.3, 0.4) is 0 Å². The van der Waals surface area contributed by atoms with E-state index in [2.05, 4.69) is 15.9 Å². The molecule has 1 aromatic heterocycles. The Kier molecular flexibility index (Phi) is 3.97. The minimum atomic E-state index is -0.497. The third-order valence-corrected chi connectivity index (χ3v) is 4.05. The fourth-order valence-corrected chi connectivity index (χ4v) is 2.67. The first kappa shape index (κ1) is 12.7. The number of thiophene rings is 1. The summed E-state index contributed by atoms with van der Waals surface area (Å²) in [5.74, 6) is -0.530. The smallest absolute Gasteiger partial charge is 0.168 e. The maximum absolute atomic E-state index is 13.2. The number of carbonyl (C=O) groups is 1. The summed E-state index contributed by atoms with van der Waals surface area (Å²) >= 11 is 10.3. The molecule has 17 heavy (non-hydrogen) atoms. The van der Waals surface area contributed by atoms with Gasteiger partial charge in [-0.3, -0.25) is 4.79 Å². The van der Waals surface area contributed by atoms with Crippen molar-refractivity contribution in [2.45, 2.75) is 6.42 Å². The predicted molar refractivity (Wildman–Crippen MR) is 71.5 cm³/mol. The highest BCUT2D eigenvalue weighted by molar-refractivity contribution is 9.11. The molecule has 0 bridgehead atoms. The van der Waals surface area contributed by atoms with Gasteiger partial charge in [0.25, 0.3) is 0 Å². The van der Waals surface area contributed by atoms with Gasteiger partial charge in [-0.1, -0.05) is 17.7 Å². The van der Waals surface area contributed by atoms with Gasteiger partial charge in [-0.05, 0) is 39.7 Å². The van der Waals surface area contributed by atoms with E-state index >= 15 is 0 Å². The summed E-state index contributed by atoms with van der Waals surface area (Å²) in [6, 6.07) is 6.18. The van der Waals surface area contributed by atoms with Crippen molar-refractivity contribution in [2.24, 2.45) is 0 Å². The molecule has 2 aromatic rings. The molecule has 2 rings (SSSR count). The van der Waals surface area contributed by atoms with Gasteiger partial charge in [-0.25, -0.2) is 4.39 Å². The Balaban J connectivity index is 2.15. The molecule has 0 unspecified atom stereocenters. The van der Waals surface area contributed by atoms with E-state index < -0.39 is 5.82 Å². The molecule has 0 radical (unpaired) electrons. The van der Waals surface area contributed by atoms with Crippen LogP contribution < -0.4 is 0 Å². The van der Waals surface area contributed by atoms with Gasteiger partial charge in [0, 0.05) is 17.4 Å². The lowest BCUT2D eigenvalue weighted by molar-refractivity contribution is 0.0993. The molecule has 0 N–H and O–H groups in total. The van der Waals surface area contributed by atoms with Crippen molar-refractivity contribution in [2.75, 3.05) is 0 Å². The highest BCUT2D eigenvalue weighted by Gasteiger charge is 2.10. The van der Waals surface area contributed by atoms with Crippen molar-refractivity contribution in [3.63, 3.8) is 0 Å². The van der Waals surface area contributed by atoms with Gasteiger partial charge in [-0.15, -0.1) is 11.3 Å². The van der Waals surface area contributed by atoms with Crippen molar-refractivity contribution < 1.29 is 9.18 Å². The fraction of sp³-hybridized carbons (Fsp3) is 0.0833. The normalized spacial score (nSPS) is 10.5. The second-order valence-electron chi connectivity index (χ2n) is 3.49. The standard InChI is InChI=1S/C12H7BrClFOS/c13-12-5-8(6-17-12)11(16)4-7-1-2-9(14)10(15)3-7/h1-3,5-6H,4H2. The van der Waals surface area contributed by atoms with Crippen LogP contribution in [0, 0.1) is 5.82 Å². The second-order valence-corrected chi connectivity index (χ2v) is 6.19. The van der Waals surface area contributed by atoms with Gasteiger partial charge in [0.1, 0.15) is 5.82 Å². The highest BCUT2D eigenvalue weighted by Crippen LogP contribution is 2.22. The summed E-state index contributed by atoms with van der Waals surface area (Å²) in [6.07, 6.45) is 0.178. The maximum Gasteiger partial charge on any atom is 0.168 e. The summed E-state index contributed by atoms with van der Waals surface area (Å²) in [5.41, 5.74) is 1.26. The Morgan fingerprint density at radius 3 is 2.76 bits per heavy atom. The summed E-state index contributed by atoms with van der Waals surface area (Å²) in [5, 5.41) is 1.85. The Bertz CT molecular complexity index is 567. The van der Waals surface area contributed by atoms with Crippen molar-refractivity contribution in [3.8, 4) is 0 Å². The quantitative estimate of drug-likeness (QED) is 0.742. The number of hydrogen-bond acceptors (Lipinski definition) is 2. The molecule has 0 aliphatic rings. The number of hydrogen-bond donors (Lipinski definition) is 0. The zero-order chi connectivity index (χ0) is 12.4. The molecule has 0 fully saturated rings. The molecule has 1 aromatic carbocycles. The van der Waals surface area contributed by atoms with E-state index in [-0.39, 0.29) is 17.2 Å². The number of ketones is 1. The molecule has 0 saturated carbocycles. The van der Waals surface area contributed by atoms with Gasteiger partial charge < -0.3 is 0 Å². The molecule has 0 amide bonds. The van der Waals surface area contributed by atoms with Crippen LogP contribution in [-0.2, 0) is 6.42 Å². The van der Waals surface area contributed by atoms with Crippen LogP contribution in [0.25, 0.3) is 0 Å². The Labute approximate surface area is 115 Å². The van der Waals surface area contributed by atoms with Crippen LogP contribution in [-0.4, -0.2) is 5.78 Å². The first-order chi connectivity index (χ1) is 8.06. The summed E-state index contributed by atoms with van der Waals surface area (Å²) in [7, 11) is 0. The number of rotatable bonds is 3. The third-order valence-electron chi connectivity index (χ3n) is 2.24. The monoisotopic (exact) mass is 332 g/mol. The maximum atomic E-state index is 13.2. The topological polar surface area (TPSA) is 17.1 Å². The van der Waals surface area contributed by atoms with Crippen molar-refractivity contribution in [1.82, 2.24) is 0 Å². The van der Waals surface area contributed by atoms with Gasteiger partial charge in [0.05, 0.1) is 8.81 Å². The number of carbonyl (C=O) groups excluding carboxylic acids is 1. The van der Waals surface area contributed by atoms with Crippen LogP contribution in [0.5, 0.6) is 0 Å². The first-order valence-electron chi connectivity index (χ1n) is 4.77. The average Bonchev–Trinajstić information content (AvgIpc) is 2.70. The SMILES string of the molecule is O=C(Cc1ccc(Cl)c(F)c1)c1csc(Br)c1. The number of benzene rings is 1. The Morgan fingerprint density at radius 2 is 2.18 bits per heavy atom. The average molecular weight is 334 g/mol. The van der Waals surface area contributed by atoms with Gasteiger partial charge >= 0.3 is 0 Å². The van der Waals surface area contributed by atoms with Crippen LogP contribution in [0.4, 0.5) is 4.39 Å². The van der Waals surface area contributed by atoms with E-state index in [1.807, 2.05) is 0 Å². The van der Waals surface area contributed by atoms with Crippen molar-refractivity contribution >= 4 is 44.7 Å². The van der Waals surface area contributed by atoms with Crippen LogP contribution in [0.2, 0.25) is 5.02 Å². The minimum Gasteiger partial charge on any atom is -0.294 e. The molecule has 0 aliphatic heterocycles. The van der Waals surface area contributed by atoms with E-state index in [1.54, 1.807) is 17.5 Å². The molecule has 0 spiro atoms. The lowest BCUT2D eigenvalue weighted by Crippen LogP contribution is -2.02. The van der Waals surface area contributed by atoms with E-state index in [0.717, 1.165) is 3.79 Å². The first-order valence-corrected chi connectivity index (χ1v) is 6.82. The van der Waals surface area contributed by atoms with E-state index in [1.165, 1.54) is 23.5 Å². The molecule has 0 atom stereocenters. The summed E-state index contributed by atoms with van der Waals surface area (Å²) in [6.45, 7) is 0. The van der Waals surface area contributed by atoms with Gasteiger partial charge in [0.15, 0.2) is 5.78 Å². The molecule has 0 saturated heterocycles. The zero-order valence-electron chi connectivity index (χ0n) is 8.54. The fourth-order valence-electron chi connectivity index (χ4n) is 1.39. The van der Waals surface area contributed by atoms with E-state index in [0.29, 0.717) is 11.1 Å². The molecule has 1 heterocycles. The minimum absolute atomic E-state index is 0.0336. The molecular formula is C12H7BrClFOS. The number of halogens is 3. The van der Waals surface area contributed by atoms with Crippen molar-refractivity contribution in [1.29, 1.82) is 0 Å². The molecule has 1 nitrogen and oxygen atoms in total. The number of Topliss-reactive ketones (excluding diaryl/α,β-unsaturated/α-hetero) is 1. The molecule has 88 valence electrons. The van der Waals surface area contributed by atoms with E-state index in [9.17, 15) is 9.18 Å². The third kappa shape index (κ3) is 3.15. The molecular weight excluding hydrogens is 327 g/mol. The Hall–Kier alpha value is -0.710. The van der Waals surface area contributed by atoms with Gasteiger partial charge in [-0.2, -0.15) is 0 Å². The summed E-state index contributed by atoms with van der Waals surface area (Å²) in [4.78, 5) is 11.9. The Morgan fingerprint density at radius 1 is 1.41 bits per heavy atom. The second kappa shape index (κ2) is 5.29. The van der Waals surface area contributed by atoms with Crippen LogP contribution in [0.1, 0.15) is 15.9 Å². The van der Waals surface area contributed by atoms with Gasteiger partial charge in [0.2, 0.25) is 0 Å². The molecule has 0 aliphatic carbocycles. The van der Waals surface area contributed by atoms with Crippen LogP contribution in [0.15, 0.2) is 33.4 Å². The highest BCUT2D eigenvalue weighted by atomic mass is 79.9. The largest absolute Gasteiger partial charge is 0.294 e. The van der Waals surface area contributed by atoms with E-state index in [4.69, 9.17) is 11.6 Å². The molecule has 5 heteroatoms. The lowest BCUT2D eigenvalue weighted by atomic mass is 10.1. The predicted octanol–water partition coefficient (Wildman–Crippen LogP) is 4.73. The van der Waals surface area contributed by atoms with Crippen molar-refractivity contribution in [3.05, 3.63) is 55.4 Å². The summed E-state index contributed by atoms with van der Waals surface area (Å²) < 4.78 is 14.1. The lowest BCUT2D eigenvalue weighted by Gasteiger charge is -2.01.